The maximum absolute atomic E-state index is 13.0. The zero-order valence-corrected chi connectivity index (χ0v) is 17.1. The van der Waals surface area contributed by atoms with Crippen LogP contribution >= 0.6 is 11.3 Å². The van der Waals surface area contributed by atoms with Crippen LogP contribution in [0.25, 0.3) is 16.2 Å². The fraction of sp³-hybridized carbons (Fsp3) is 0.350. The van der Waals surface area contributed by atoms with E-state index in [2.05, 4.69) is 29.4 Å². The average molecular weight is 385 g/mol. The predicted octanol–water partition coefficient (Wildman–Crippen LogP) is 3.22. The Kier molecular flexibility index (Phi) is 5.06. The van der Waals surface area contributed by atoms with E-state index in [4.69, 9.17) is 0 Å². The molecule has 0 bridgehead atoms. The van der Waals surface area contributed by atoms with Gasteiger partial charge in [-0.25, -0.2) is 4.98 Å². The van der Waals surface area contributed by atoms with E-state index < -0.39 is 5.54 Å². The molecule has 0 fully saturated rings. The van der Waals surface area contributed by atoms with Crippen LogP contribution in [0.1, 0.15) is 36.8 Å². The summed E-state index contributed by atoms with van der Waals surface area (Å²) in [5, 5.41) is 4.39. The number of nitrogens with zero attached hydrogens (tertiary/aromatic N) is 3. The molecule has 7 heteroatoms. The number of aryl methyl sites for hydroxylation is 1. The molecule has 2 heterocycles. The molecule has 0 saturated heterocycles. The SMILES string of the molecule is CCc1ccc(-c2cn3c(C(=O)N(C)C(C)(C)C(=O)NC)csc3n2)cc1. The summed E-state index contributed by atoms with van der Waals surface area (Å²) in [5.41, 5.74) is 2.65. The number of aromatic nitrogens is 2. The minimum absolute atomic E-state index is 0.216. The summed E-state index contributed by atoms with van der Waals surface area (Å²) in [6.07, 6.45) is 2.87. The summed E-state index contributed by atoms with van der Waals surface area (Å²) in [5.74, 6) is -0.438. The first-order chi connectivity index (χ1) is 12.8. The van der Waals surface area contributed by atoms with Gasteiger partial charge in [-0.3, -0.25) is 14.0 Å². The number of hydrogen-bond acceptors (Lipinski definition) is 4. The summed E-state index contributed by atoms with van der Waals surface area (Å²) in [6.45, 7) is 5.57. The molecule has 1 N–H and O–H groups in total. The normalized spacial score (nSPS) is 11.6. The summed E-state index contributed by atoms with van der Waals surface area (Å²) >= 11 is 1.41. The van der Waals surface area contributed by atoms with Gasteiger partial charge in [-0.1, -0.05) is 31.2 Å². The summed E-state index contributed by atoms with van der Waals surface area (Å²) in [4.78, 5) is 32.0. The number of nitrogens with one attached hydrogen (secondary N) is 1. The van der Waals surface area contributed by atoms with Crippen molar-refractivity contribution in [3.05, 3.63) is 47.1 Å². The van der Waals surface area contributed by atoms with Crippen molar-refractivity contribution in [2.24, 2.45) is 0 Å². The predicted molar refractivity (Wildman–Crippen MR) is 108 cm³/mol. The Balaban J connectivity index is 1.95. The first-order valence-corrected chi connectivity index (χ1v) is 9.73. The van der Waals surface area contributed by atoms with Gasteiger partial charge < -0.3 is 10.2 Å². The molecule has 0 aliphatic rings. The molecule has 0 spiro atoms. The highest BCUT2D eigenvalue weighted by molar-refractivity contribution is 7.15. The Bertz CT molecular complexity index is 985. The van der Waals surface area contributed by atoms with E-state index in [1.165, 1.54) is 21.8 Å². The van der Waals surface area contributed by atoms with Crippen molar-refractivity contribution >= 4 is 28.1 Å². The molecular weight excluding hydrogens is 360 g/mol. The number of fused-ring (bicyclic) bond motifs is 1. The van der Waals surface area contributed by atoms with Crippen molar-refractivity contribution in [2.45, 2.75) is 32.7 Å². The Hall–Kier alpha value is -2.67. The first kappa shape index (κ1) is 19.1. The lowest BCUT2D eigenvalue weighted by atomic mass is 10.0. The molecule has 6 nitrogen and oxygen atoms in total. The Morgan fingerprint density at radius 3 is 2.52 bits per heavy atom. The largest absolute Gasteiger partial charge is 0.357 e. The third-order valence-corrected chi connectivity index (χ3v) is 5.85. The van der Waals surface area contributed by atoms with Crippen molar-refractivity contribution in [3.8, 4) is 11.3 Å². The minimum Gasteiger partial charge on any atom is -0.357 e. The highest BCUT2D eigenvalue weighted by Crippen LogP contribution is 2.26. The van der Waals surface area contributed by atoms with E-state index in [0.29, 0.717) is 5.69 Å². The smallest absolute Gasteiger partial charge is 0.272 e. The second kappa shape index (κ2) is 7.15. The van der Waals surface area contributed by atoms with Crippen LogP contribution in [-0.2, 0) is 11.2 Å². The molecule has 142 valence electrons. The molecule has 0 radical (unpaired) electrons. The summed E-state index contributed by atoms with van der Waals surface area (Å²) in [7, 11) is 3.21. The van der Waals surface area contributed by atoms with E-state index in [9.17, 15) is 9.59 Å². The summed E-state index contributed by atoms with van der Waals surface area (Å²) < 4.78 is 1.80. The van der Waals surface area contributed by atoms with Gasteiger partial charge >= 0.3 is 0 Å². The summed E-state index contributed by atoms with van der Waals surface area (Å²) in [6, 6.07) is 8.28. The molecule has 2 amide bonds. The molecule has 3 aromatic rings. The molecule has 1 aromatic carbocycles. The topological polar surface area (TPSA) is 66.7 Å². The third-order valence-electron chi connectivity index (χ3n) is 5.01. The number of hydrogen-bond donors (Lipinski definition) is 1. The van der Waals surface area contributed by atoms with E-state index in [0.717, 1.165) is 22.6 Å². The number of likely N-dealkylation sites (N-methyl/N-ethyl adjacent to an activating group) is 2. The van der Waals surface area contributed by atoms with Crippen LogP contribution in [0, 0.1) is 0 Å². The highest BCUT2D eigenvalue weighted by atomic mass is 32.1. The number of carbonyl (C=O) groups is 2. The molecule has 27 heavy (non-hydrogen) atoms. The molecule has 0 unspecified atom stereocenters. The van der Waals surface area contributed by atoms with E-state index in [-0.39, 0.29) is 11.8 Å². The number of amides is 2. The molecule has 0 atom stereocenters. The van der Waals surface area contributed by atoms with Crippen LogP contribution in [0.5, 0.6) is 0 Å². The van der Waals surface area contributed by atoms with Gasteiger partial charge in [-0.2, -0.15) is 0 Å². The minimum atomic E-state index is -0.959. The maximum Gasteiger partial charge on any atom is 0.272 e. The van der Waals surface area contributed by atoms with Crippen molar-refractivity contribution in [3.63, 3.8) is 0 Å². The second-order valence-corrected chi connectivity index (χ2v) is 7.79. The number of benzene rings is 1. The highest BCUT2D eigenvalue weighted by Gasteiger charge is 2.36. The van der Waals surface area contributed by atoms with Crippen LogP contribution in [0.2, 0.25) is 0 Å². The van der Waals surface area contributed by atoms with Gasteiger partial charge in [-0.15, -0.1) is 11.3 Å². The number of imidazole rings is 1. The monoisotopic (exact) mass is 384 g/mol. The Labute approximate surface area is 162 Å². The Morgan fingerprint density at radius 2 is 1.93 bits per heavy atom. The first-order valence-electron chi connectivity index (χ1n) is 8.85. The second-order valence-electron chi connectivity index (χ2n) is 6.95. The quantitative estimate of drug-likeness (QED) is 0.734. The van der Waals surface area contributed by atoms with Gasteiger partial charge in [0.25, 0.3) is 5.91 Å². The lowest BCUT2D eigenvalue weighted by Gasteiger charge is -2.33. The average Bonchev–Trinajstić information content (AvgIpc) is 3.26. The zero-order chi connectivity index (χ0) is 19.8. The molecular formula is C20H24N4O2S. The molecule has 0 aliphatic carbocycles. The van der Waals surface area contributed by atoms with Gasteiger partial charge in [0, 0.05) is 31.2 Å². The van der Waals surface area contributed by atoms with Gasteiger partial charge in [0.05, 0.1) is 5.69 Å². The molecule has 0 saturated carbocycles. The Morgan fingerprint density at radius 1 is 1.26 bits per heavy atom. The van der Waals surface area contributed by atoms with Crippen LogP contribution in [0.4, 0.5) is 0 Å². The number of thiazole rings is 1. The zero-order valence-electron chi connectivity index (χ0n) is 16.2. The van der Waals surface area contributed by atoms with Gasteiger partial charge in [0.2, 0.25) is 5.91 Å². The standard InChI is InChI=1S/C20H24N4O2S/c1-6-13-7-9-14(10-8-13)15-11-24-16(12-27-19(24)22-15)17(25)23(5)20(2,3)18(26)21-4/h7-12H,6H2,1-5H3,(H,21,26). The van der Waals surface area contributed by atoms with Crippen LogP contribution < -0.4 is 5.32 Å². The van der Waals surface area contributed by atoms with Crippen LogP contribution in [0.15, 0.2) is 35.8 Å². The van der Waals surface area contributed by atoms with E-state index >= 15 is 0 Å². The lowest BCUT2D eigenvalue weighted by Crippen LogP contribution is -2.54. The molecule has 2 aromatic heterocycles. The van der Waals surface area contributed by atoms with Crippen molar-refractivity contribution in [2.75, 3.05) is 14.1 Å². The number of rotatable bonds is 5. The fourth-order valence-electron chi connectivity index (χ4n) is 2.87. The lowest BCUT2D eigenvalue weighted by molar-refractivity contribution is -0.129. The third kappa shape index (κ3) is 3.35. The number of carbonyl (C=O) groups excluding carboxylic acids is 2. The molecule has 0 aliphatic heterocycles. The van der Waals surface area contributed by atoms with Gasteiger partial charge in [-0.05, 0) is 25.8 Å². The van der Waals surface area contributed by atoms with Gasteiger partial charge in [0.1, 0.15) is 11.2 Å². The van der Waals surface area contributed by atoms with Gasteiger partial charge in [0.15, 0.2) is 4.96 Å². The fourth-order valence-corrected chi connectivity index (χ4v) is 3.72. The van der Waals surface area contributed by atoms with Crippen LogP contribution in [0.3, 0.4) is 0 Å². The van der Waals surface area contributed by atoms with Crippen molar-refractivity contribution in [1.82, 2.24) is 19.6 Å². The maximum atomic E-state index is 13.0. The van der Waals surface area contributed by atoms with Crippen LogP contribution in [-0.4, -0.2) is 45.7 Å². The molecule has 3 rings (SSSR count). The van der Waals surface area contributed by atoms with Crippen molar-refractivity contribution < 1.29 is 9.59 Å². The van der Waals surface area contributed by atoms with Crippen molar-refractivity contribution in [1.29, 1.82) is 0 Å². The van der Waals surface area contributed by atoms with E-state index in [1.807, 2.05) is 18.3 Å². The van der Waals surface area contributed by atoms with E-state index in [1.54, 1.807) is 37.7 Å².